The van der Waals surface area contributed by atoms with Gasteiger partial charge in [0, 0.05) is 13.1 Å². The molecule has 0 spiro atoms. The van der Waals surface area contributed by atoms with Gasteiger partial charge in [0.2, 0.25) is 0 Å². The number of hydrogen-bond acceptors (Lipinski definition) is 4. The maximum atomic E-state index is 10.4. The quantitative estimate of drug-likeness (QED) is 0.618. The van der Waals surface area contributed by atoms with E-state index in [9.17, 15) is 4.79 Å². The van der Waals surface area contributed by atoms with Gasteiger partial charge in [0.1, 0.15) is 6.61 Å². The summed E-state index contributed by atoms with van der Waals surface area (Å²) in [5.74, 6) is -0.141. The van der Waals surface area contributed by atoms with E-state index in [4.69, 9.17) is 5.11 Å². The van der Waals surface area contributed by atoms with Gasteiger partial charge in [-0.15, -0.1) is 0 Å². The highest BCUT2D eigenvalue weighted by atomic mass is 16.7. The minimum Gasteiger partial charge on any atom is -0.388 e. The van der Waals surface area contributed by atoms with Gasteiger partial charge >= 0.3 is 5.97 Å². The predicted octanol–water partition coefficient (Wildman–Crippen LogP) is -0.649. The van der Waals surface area contributed by atoms with Crippen molar-refractivity contribution in [2.45, 2.75) is 13.5 Å². The summed E-state index contributed by atoms with van der Waals surface area (Å²) in [4.78, 5) is 18.8. The Morgan fingerprint density at radius 2 is 2.64 bits per heavy atom. The van der Waals surface area contributed by atoms with Crippen LogP contribution in [0.15, 0.2) is 12.4 Å². The lowest BCUT2D eigenvalue weighted by Crippen LogP contribution is -2.18. The Morgan fingerprint density at radius 3 is 3.18 bits per heavy atom. The average Bonchev–Trinajstić information content (AvgIpc) is 2.34. The number of aliphatic hydroxyl groups excluding tert-OH is 1. The van der Waals surface area contributed by atoms with E-state index >= 15 is 0 Å². The van der Waals surface area contributed by atoms with E-state index in [1.807, 2.05) is 0 Å². The van der Waals surface area contributed by atoms with Crippen molar-refractivity contribution in [3.63, 3.8) is 0 Å². The van der Waals surface area contributed by atoms with Crippen LogP contribution in [0.3, 0.4) is 0 Å². The van der Waals surface area contributed by atoms with Gasteiger partial charge < -0.3 is 9.94 Å². The second kappa shape index (κ2) is 3.16. The predicted molar refractivity (Wildman–Crippen MR) is 35.4 cm³/mol. The van der Waals surface area contributed by atoms with Gasteiger partial charge in [-0.1, -0.05) is 0 Å². The van der Waals surface area contributed by atoms with Crippen LogP contribution < -0.4 is 4.84 Å². The second-order valence-corrected chi connectivity index (χ2v) is 1.91. The van der Waals surface area contributed by atoms with E-state index in [0.29, 0.717) is 5.82 Å². The van der Waals surface area contributed by atoms with Crippen LogP contribution in [0.1, 0.15) is 12.7 Å². The molecule has 0 aliphatic heterocycles. The first kappa shape index (κ1) is 7.74. The van der Waals surface area contributed by atoms with Crippen LogP contribution in [0, 0.1) is 0 Å². The number of aromatic nitrogens is 2. The molecule has 1 aromatic heterocycles. The number of aliphatic hydroxyl groups is 1. The number of hydrogen-bond donors (Lipinski definition) is 1. The van der Waals surface area contributed by atoms with E-state index in [1.165, 1.54) is 19.3 Å². The van der Waals surface area contributed by atoms with Crippen molar-refractivity contribution in [1.29, 1.82) is 0 Å². The third-order valence-electron chi connectivity index (χ3n) is 1.05. The first-order valence-electron chi connectivity index (χ1n) is 3.06. The van der Waals surface area contributed by atoms with Crippen molar-refractivity contribution in [1.82, 2.24) is 9.71 Å². The SMILES string of the molecule is CC(=O)On1ccnc1CO. The van der Waals surface area contributed by atoms with Crippen LogP contribution in [0.2, 0.25) is 0 Å². The molecule has 0 saturated heterocycles. The normalized spacial score (nSPS) is 9.64. The fourth-order valence-electron chi connectivity index (χ4n) is 0.655. The molecule has 0 unspecified atom stereocenters. The van der Waals surface area contributed by atoms with E-state index in [2.05, 4.69) is 9.82 Å². The van der Waals surface area contributed by atoms with E-state index < -0.39 is 5.97 Å². The van der Waals surface area contributed by atoms with Crippen LogP contribution >= 0.6 is 0 Å². The van der Waals surface area contributed by atoms with Gasteiger partial charge in [-0.2, -0.15) is 4.73 Å². The molecule has 0 bridgehead atoms. The molecule has 1 aromatic rings. The summed E-state index contributed by atoms with van der Waals surface area (Å²) >= 11 is 0. The van der Waals surface area contributed by atoms with Crippen LogP contribution in [0.4, 0.5) is 0 Å². The van der Waals surface area contributed by atoms with Crippen molar-refractivity contribution >= 4 is 5.97 Å². The molecule has 0 amide bonds. The van der Waals surface area contributed by atoms with Crippen molar-refractivity contribution in [2.24, 2.45) is 0 Å². The van der Waals surface area contributed by atoms with Crippen LogP contribution in [-0.4, -0.2) is 20.8 Å². The summed E-state index contributed by atoms with van der Waals surface area (Å²) in [7, 11) is 0. The summed E-state index contributed by atoms with van der Waals surface area (Å²) in [6.45, 7) is 1.03. The molecule has 0 fully saturated rings. The molecular weight excluding hydrogens is 148 g/mol. The third-order valence-corrected chi connectivity index (χ3v) is 1.05. The Balaban J connectivity index is 2.76. The van der Waals surface area contributed by atoms with Gasteiger partial charge in [0.25, 0.3) is 0 Å². The Hall–Kier alpha value is -1.36. The monoisotopic (exact) mass is 156 g/mol. The minimum atomic E-state index is -0.447. The second-order valence-electron chi connectivity index (χ2n) is 1.91. The smallest absolute Gasteiger partial charge is 0.329 e. The minimum absolute atomic E-state index is 0.250. The molecule has 0 atom stereocenters. The van der Waals surface area contributed by atoms with Crippen molar-refractivity contribution in [3.8, 4) is 0 Å². The van der Waals surface area contributed by atoms with Crippen molar-refractivity contribution in [2.75, 3.05) is 0 Å². The zero-order valence-corrected chi connectivity index (χ0v) is 6.02. The molecule has 0 aromatic carbocycles. The summed E-state index contributed by atoms with van der Waals surface area (Å²) < 4.78 is 1.13. The summed E-state index contributed by atoms with van der Waals surface area (Å²) in [5.41, 5.74) is 0. The highest BCUT2D eigenvalue weighted by Gasteiger charge is 2.02. The molecule has 0 saturated carbocycles. The Morgan fingerprint density at radius 1 is 1.91 bits per heavy atom. The lowest BCUT2D eigenvalue weighted by Gasteiger charge is -2.02. The van der Waals surface area contributed by atoms with Gasteiger partial charge in [-0.3, -0.25) is 0 Å². The standard InChI is InChI=1S/C6H8N2O3/c1-5(10)11-8-3-2-7-6(8)4-9/h2-3,9H,4H2,1H3. The van der Waals surface area contributed by atoms with Gasteiger partial charge in [0.15, 0.2) is 5.82 Å². The molecule has 5 nitrogen and oxygen atoms in total. The molecule has 11 heavy (non-hydrogen) atoms. The molecular formula is C6H8N2O3. The summed E-state index contributed by atoms with van der Waals surface area (Å²) in [6, 6.07) is 0. The Kier molecular flexibility index (Phi) is 2.22. The molecule has 5 heteroatoms. The topological polar surface area (TPSA) is 64.4 Å². The van der Waals surface area contributed by atoms with Crippen molar-refractivity contribution in [3.05, 3.63) is 18.2 Å². The largest absolute Gasteiger partial charge is 0.388 e. The first-order valence-corrected chi connectivity index (χ1v) is 3.06. The fourth-order valence-corrected chi connectivity index (χ4v) is 0.655. The van der Waals surface area contributed by atoms with E-state index in [-0.39, 0.29) is 6.61 Å². The molecule has 1 N–H and O–H groups in total. The number of rotatable bonds is 2. The lowest BCUT2D eigenvalue weighted by atomic mass is 10.7. The maximum absolute atomic E-state index is 10.4. The highest BCUT2D eigenvalue weighted by molar-refractivity contribution is 5.66. The maximum Gasteiger partial charge on any atom is 0.329 e. The molecule has 60 valence electrons. The molecule has 1 heterocycles. The number of carbonyl (C=O) groups is 1. The summed E-state index contributed by atoms with van der Waals surface area (Å²) in [6.07, 6.45) is 2.89. The van der Waals surface area contributed by atoms with Crippen LogP contribution in [0.25, 0.3) is 0 Å². The van der Waals surface area contributed by atoms with Crippen molar-refractivity contribution < 1.29 is 14.7 Å². The molecule has 0 aliphatic rings. The number of nitrogens with zero attached hydrogens (tertiary/aromatic N) is 2. The summed E-state index contributed by atoms with van der Waals surface area (Å²) in [5, 5.41) is 8.65. The van der Waals surface area contributed by atoms with Gasteiger partial charge in [0.05, 0.1) is 6.20 Å². The average molecular weight is 156 g/mol. The van der Waals surface area contributed by atoms with Gasteiger partial charge in [-0.25, -0.2) is 9.78 Å². The fraction of sp³-hybridized carbons (Fsp3) is 0.333. The molecule has 0 aliphatic carbocycles. The lowest BCUT2D eigenvalue weighted by molar-refractivity contribution is -0.142. The van der Waals surface area contributed by atoms with E-state index in [1.54, 1.807) is 0 Å². The highest BCUT2D eigenvalue weighted by Crippen LogP contribution is 1.93. The Labute approximate surface area is 63.2 Å². The number of carbonyl (C=O) groups excluding carboxylic acids is 1. The van der Waals surface area contributed by atoms with Crippen LogP contribution in [0.5, 0.6) is 0 Å². The van der Waals surface area contributed by atoms with Crippen LogP contribution in [-0.2, 0) is 11.4 Å². The first-order chi connectivity index (χ1) is 5.24. The zero-order valence-electron chi connectivity index (χ0n) is 6.02. The Bertz CT molecular complexity index is 256. The zero-order chi connectivity index (χ0) is 8.27. The number of imidazole rings is 1. The molecule has 0 radical (unpaired) electrons. The molecule has 1 rings (SSSR count). The third kappa shape index (κ3) is 1.78. The van der Waals surface area contributed by atoms with E-state index in [0.717, 1.165) is 4.73 Å². The van der Waals surface area contributed by atoms with Gasteiger partial charge in [-0.05, 0) is 0 Å².